The number of aliphatic hydroxyl groups is 1. The monoisotopic (exact) mass is 159 g/mol. The summed E-state index contributed by atoms with van der Waals surface area (Å²) in [5.74, 6) is 0. The first-order valence-corrected chi connectivity index (χ1v) is 4.10. The first kappa shape index (κ1) is 10.9. The second kappa shape index (κ2) is 3.11. The van der Waals surface area contributed by atoms with Crippen LogP contribution in [0.5, 0.6) is 0 Å². The van der Waals surface area contributed by atoms with Crippen LogP contribution >= 0.6 is 0 Å². The smallest absolute Gasteiger partial charge is 0.0587 e. The molecule has 1 unspecified atom stereocenters. The van der Waals surface area contributed by atoms with Gasteiger partial charge in [0.2, 0.25) is 0 Å². The van der Waals surface area contributed by atoms with Crippen LogP contribution in [-0.2, 0) is 0 Å². The van der Waals surface area contributed by atoms with Crippen molar-refractivity contribution in [1.29, 1.82) is 0 Å². The summed E-state index contributed by atoms with van der Waals surface area (Å²) in [5, 5.41) is 8.91. The van der Waals surface area contributed by atoms with Gasteiger partial charge >= 0.3 is 0 Å². The molecule has 0 rings (SSSR count). The Labute approximate surface area is 69.8 Å². The van der Waals surface area contributed by atoms with Crippen LogP contribution in [-0.4, -0.2) is 17.8 Å². The van der Waals surface area contributed by atoms with Crippen molar-refractivity contribution >= 4 is 0 Å². The zero-order valence-corrected chi connectivity index (χ0v) is 8.31. The number of hydrogen-bond acceptors (Lipinski definition) is 2. The molecular weight excluding hydrogens is 138 g/mol. The Morgan fingerprint density at radius 1 is 1.18 bits per heavy atom. The summed E-state index contributed by atoms with van der Waals surface area (Å²) in [7, 11) is 0. The van der Waals surface area contributed by atoms with Gasteiger partial charge in [-0.15, -0.1) is 0 Å². The van der Waals surface area contributed by atoms with Crippen LogP contribution < -0.4 is 5.73 Å². The predicted molar refractivity (Wildman–Crippen MR) is 48.3 cm³/mol. The Kier molecular flexibility index (Phi) is 3.09. The molecular formula is C9H21NO. The summed E-state index contributed by atoms with van der Waals surface area (Å²) in [4.78, 5) is 0. The molecule has 68 valence electrons. The lowest BCUT2D eigenvalue weighted by Gasteiger charge is -2.42. The van der Waals surface area contributed by atoms with Gasteiger partial charge in [0.25, 0.3) is 0 Å². The van der Waals surface area contributed by atoms with Crippen molar-refractivity contribution in [2.45, 2.75) is 40.7 Å². The second-order valence-corrected chi connectivity index (χ2v) is 4.76. The van der Waals surface area contributed by atoms with E-state index in [4.69, 9.17) is 10.8 Å². The first-order valence-electron chi connectivity index (χ1n) is 4.10. The van der Waals surface area contributed by atoms with E-state index >= 15 is 0 Å². The van der Waals surface area contributed by atoms with Gasteiger partial charge in [-0.3, -0.25) is 0 Å². The first-order chi connectivity index (χ1) is 4.73. The quantitative estimate of drug-likeness (QED) is 0.639. The van der Waals surface area contributed by atoms with E-state index in [0.717, 1.165) is 0 Å². The maximum atomic E-state index is 8.91. The number of aliphatic hydroxyl groups excluding tert-OH is 1. The molecule has 0 aliphatic carbocycles. The van der Waals surface area contributed by atoms with Crippen LogP contribution in [0, 0.1) is 10.8 Å². The van der Waals surface area contributed by atoms with Crippen molar-refractivity contribution in [1.82, 2.24) is 0 Å². The van der Waals surface area contributed by atoms with E-state index in [1.54, 1.807) is 0 Å². The van der Waals surface area contributed by atoms with E-state index in [1.807, 2.05) is 0 Å². The van der Waals surface area contributed by atoms with Crippen molar-refractivity contribution in [2.24, 2.45) is 16.6 Å². The third-order valence-corrected chi connectivity index (χ3v) is 3.06. The highest BCUT2D eigenvalue weighted by molar-refractivity contribution is 4.90. The zero-order valence-electron chi connectivity index (χ0n) is 8.31. The van der Waals surface area contributed by atoms with Crippen molar-refractivity contribution in [3.05, 3.63) is 0 Å². The molecule has 0 heterocycles. The van der Waals surface area contributed by atoms with Gasteiger partial charge in [0, 0.05) is 6.04 Å². The Hall–Kier alpha value is -0.0800. The molecule has 11 heavy (non-hydrogen) atoms. The molecule has 0 spiro atoms. The molecule has 0 aliphatic rings. The van der Waals surface area contributed by atoms with Crippen molar-refractivity contribution in [3.63, 3.8) is 0 Å². The Morgan fingerprint density at radius 2 is 1.55 bits per heavy atom. The van der Waals surface area contributed by atoms with Crippen LogP contribution in [0.2, 0.25) is 0 Å². The highest BCUT2D eigenvalue weighted by atomic mass is 16.3. The second-order valence-electron chi connectivity index (χ2n) is 4.76. The van der Waals surface area contributed by atoms with E-state index in [2.05, 4.69) is 34.6 Å². The minimum atomic E-state index is -0.137. The minimum Gasteiger partial charge on any atom is -0.395 e. The molecule has 0 saturated carbocycles. The molecule has 2 heteroatoms. The van der Waals surface area contributed by atoms with Crippen LogP contribution in [0.1, 0.15) is 34.6 Å². The average molecular weight is 159 g/mol. The molecule has 0 saturated heterocycles. The zero-order chi connectivity index (χ0) is 9.28. The largest absolute Gasteiger partial charge is 0.395 e. The summed E-state index contributed by atoms with van der Waals surface area (Å²) in [6.07, 6.45) is 0. The van der Waals surface area contributed by atoms with Crippen LogP contribution in [0.25, 0.3) is 0 Å². The van der Waals surface area contributed by atoms with Crippen LogP contribution in [0.3, 0.4) is 0 Å². The van der Waals surface area contributed by atoms with Gasteiger partial charge in [-0.05, 0) is 10.8 Å². The molecule has 2 nitrogen and oxygen atoms in total. The van der Waals surface area contributed by atoms with E-state index in [0.29, 0.717) is 0 Å². The highest BCUT2D eigenvalue weighted by Crippen LogP contribution is 2.39. The summed E-state index contributed by atoms with van der Waals surface area (Å²) < 4.78 is 0. The van der Waals surface area contributed by atoms with Crippen molar-refractivity contribution in [2.75, 3.05) is 6.61 Å². The molecule has 0 aliphatic heterocycles. The van der Waals surface area contributed by atoms with Crippen molar-refractivity contribution in [3.8, 4) is 0 Å². The predicted octanol–water partition coefficient (Wildman–Crippen LogP) is 1.38. The summed E-state index contributed by atoms with van der Waals surface area (Å²) >= 11 is 0. The lowest BCUT2D eigenvalue weighted by atomic mass is 9.65. The lowest BCUT2D eigenvalue weighted by Crippen LogP contribution is -2.48. The Morgan fingerprint density at radius 3 is 1.64 bits per heavy atom. The van der Waals surface area contributed by atoms with Crippen LogP contribution in [0.15, 0.2) is 0 Å². The molecule has 3 N–H and O–H groups in total. The fourth-order valence-electron chi connectivity index (χ4n) is 0.784. The van der Waals surface area contributed by atoms with E-state index < -0.39 is 0 Å². The molecule has 0 aromatic heterocycles. The fourth-order valence-corrected chi connectivity index (χ4v) is 0.784. The number of hydrogen-bond donors (Lipinski definition) is 2. The van der Waals surface area contributed by atoms with E-state index in [9.17, 15) is 0 Å². The minimum absolute atomic E-state index is 0.0260. The third-order valence-electron chi connectivity index (χ3n) is 3.06. The van der Waals surface area contributed by atoms with Gasteiger partial charge < -0.3 is 10.8 Å². The number of rotatable bonds is 2. The average Bonchev–Trinajstić information content (AvgIpc) is 1.83. The molecule has 0 bridgehead atoms. The highest BCUT2D eigenvalue weighted by Gasteiger charge is 2.37. The Bertz CT molecular complexity index is 124. The summed E-state index contributed by atoms with van der Waals surface area (Å²) in [6, 6.07) is -0.137. The van der Waals surface area contributed by atoms with Gasteiger partial charge in [0.15, 0.2) is 0 Å². The maximum absolute atomic E-state index is 8.91. The molecule has 0 aromatic carbocycles. The maximum Gasteiger partial charge on any atom is 0.0587 e. The van der Waals surface area contributed by atoms with Crippen molar-refractivity contribution < 1.29 is 5.11 Å². The molecule has 0 amide bonds. The Balaban J connectivity index is 4.45. The van der Waals surface area contributed by atoms with Crippen LogP contribution in [0.4, 0.5) is 0 Å². The summed E-state index contributed by atoms with van der Waals surface area (Å²) in [5.41, 5.74) is 5.89. The normalized spacial score (nSPS) is 16.6. The fraction of sp³-hybridized carbons (Fsp3) is 1.00. The molecule has 0 aromatic rings. The number of nitrogens with two attached hydrogens (primary N) is 1. The van der Waals surface area contributed by atoms with Gasteiger partial charge in [-0.2, -0.15) is 0 Å². The van der Waals surface area contributed by atoms with Gasteiger partial charge in [0.1, 0.15) is 0 Å². The van der Waals surface area contributed by atoms with E-state index in [-0.39, 0.29) is 23.5 Å². The summed E-state index contributed by atoms with van der Waals surface area (Å²) in [6.45, 7) is 10.7. The topological polar surface area (TPSA) is 46.2 Å². The molecule has 1 atom stereocenters. The standard InChI is InChI=1S/C9H21NO/c1-8(2,3)9(4,5)7(10)6-11/h7,11H,6,10H2,1-5H3. The van der Waals surface area contributed by atoms with Gasteiger partial charge in [-0.1, -0.05) is 34.6 Å². The van der Waals surface area contributed by atoms with E-state index in [1.165, 1.54) is 0 Å². The SMILES string of the molecule is CC(C)(C)C(C)(C)C(N)CO. The van der Waals surface area contributed by atoms with Gasteiger partial charge in [-0.25, -0.2) is 0 Å². The molecule has 0 fully saturated rings. The molecule has 0 radical (unpaired) electrons. The van der Waals surface area contributed by atoms with Gasteiger partial charge in [0.05, 0.1) is 6.61 Å². The third kappa shape index (κ3) is 2.17. The lowest BCUT2D eigenvalue weighted by molar-refractivity contribution is 0.0644.